The van der Waals surface area contributed by atoms with Gasteiger partial charge in [0.05, 0.1) is 19.3 Å². The molecule has 1 unspecified atom stereocenters. The van der Waals surface area contributed by atoms with Crippen molar-refractivity contribution in [3.05, 3.63) is 35.4 Å². The van der Waals surface area contributed by atoms with Crippen LogP contribution < -0.4 is 0 Å². The first-order valence-electron chi connectivity index (χ1n) is 8.43. The predicted molar refractivity (Wildman–Crippen MR) is 88.6 cm³/mol. The van der Waals surface area contributed by atoms with Crippen molar-refractivity contribution >= 4 is 5.97 Å². The Balaban J connectivity index is 1.48. The summed E-state index contributed by atoms with van der Waals surface area (Å²) >= 11 is 0. The van der Waals surface area contributed by atoms with Gasteiger partial charge >= 0.3 is 5.97 Å². The fraction of sp³-hybridized carbons (Fsp3) is 0.611. The highest BCUT2D eigenvalue weighted by atomic mass is 16.5. The van der Waals surface area contributed by atoms with Gasteiger partial charge in [0.15, 0.2) is 0 Å². The smallest absolute Gasteiger partial charge is 0.317 e. The number of likely N-dealkylation sites (N-methyl/N-ethyl adjacent to an activating group) is 1. The van der Waals surface area contributed by atoms with Crippen molar-refractivity contribution in [3.63, 3.8) is 0 Å². The fourth-order valence-electron chi connectivity index (χ4n) is 3.25. The van der Waals surface area contributed by atoms with E-state index in [9.17, 15) is 4.79 Å². The number of rotatable bonds is 7. The van der Waals surface area contributed by atoms with Gasteiger partial charge in [0, 0.05) is 26.2 Å². The van der Waals surface area contributed by atoms with Gasteiger partial charge in [-0.25, -0.2) is 0 Å². The van der Waals surface area contributed by atoms with Crippen LogP contribution in [0.15, 0.2) is 24.3 Å². The van der Waals surface area contributed by atoms with Gasteiger partial charge in [-0.05, 0) is 36.9 Å². The monoisotopic (exact) mass is 318 g/mol. The lowest BCUT2D eigenvalue weighted by Crippen LogP contribution is -2.47. The van der Waals surface area contributed by atoms with Gasteiger partial charge in [0.1, 0.15) is 0 Å². The first-order chi connectivity index (χ1) is 11.1. The van der Waals surface area contributed by atoms with Crippen molar-refractivity contribution in [2.75, 3.05) is 39.8 Å². The first-order valence-corrected chi connectivity index (χ1v) is 8.43. The number of hydrogen-bond donors (Lipinski definition) is 1. The van der Waals surface area contributed by atoms with E-state index in [1.54, 1.807) is 4.90 Å². The van der Waals surface area contributed by atoms with Crippen molar-refractivity contribution in [3.8, 4) is 0 Å². The molecule has 0 spiro atoms. The van der Waals surface area contributed by atoms with E-state index in [4.69, 9.17) is 9.84 Å². The SMILES string of the molecule is CN(CC(=O)O)CC1CN(Cc2ccc(C3CC3)cc2)CCO1. The topological polar surface area (TPSA) is 53.0 Å². The minimum Gasteiger partial charge on any atom is -0.480 e. The molecule has 5 heteroatoms. The largest absolute Gasteiger partial charge is 0.480 e. The number of benzene rings is 1. The summed E-state index contributed by atoms with van der Waals surface area (Å²) in [6.45, 7) is 4.16. The summed E-state index contributed by atoms with van der Waals surface area (Å²) in [5.41, 5.74) is 2.82. The normalized spacial score (nSPS) is 22.4. The number of morpholine rings is 1. The number of ether oxygens (including phenoxy) is 1. The Bertz CT molecular complexity index is 528. The molecule has 1 saturated carbocycles. The zero-order chi connectivity index (χ0) is 16.2. The van der Waals surface area contributed by atoms with E-state index in [1.807, 2.05) is 7.05 Å². The summed E-state index contributed by atoms with van der Waals surface area (Å²) in [6.07, 6.45) is 2.77. The van der Waals surface area contributed by atoms with Crippen LogP contribution in [0.5, 0.6) is 0 Å². The maximum atomic E-state index is 10.7. The van der Waals surface area contributed by atoms with Gasteiger partial charge in [0.2, 0.25) is 0 Å². The van der Waals surface area contributed by atoms with Crippen molar-refractivity contribution in [2.24, 2.45) is 0 Å². The van der Waals surface area contributed by atoms with E-state index in [0.717, 1.165) is 25.6 Å². The van der Waals surface area contributed by atoms with Crippen molar-refractivity contribution < 1.29 is 14.6 Å². The second kappa shape index (κ2) is 7.43. The maximum absolute atomic E-state index is 10.7. The van der Waals surface area contributed by atoms with Crippen molar-refractivity contribution in [1.82, 2.24) is 9.80 Å². The van der Waals surface area contributed by atoms with E-state index in [0.29, 0.717) is 13.2 Å². The Morgan fingerprint density at radius 3 is 2.74 bits per heavy atom. The Kier molecular flexibility index (Phi) is 5.30. The summed E-state index contributed by atoms with van der Waals surface area (Å²) < 4.78 is 5.78. The molecule has 1 aliphatic heterocycles. The number of carboxylic acid groups (broad SMARTS) is 1. The maximum Gasteiger partial charge on any atom is 0.317 e. The Labute approximate surface area is 137 Å². The van der Waals surface area contributed by atoms with Crippen LogP contribution in [0.3, 0.4) is 0 Å². The summed E-state index contributed by atoms with van der Waals surface area (Å²) in [6, 6.07) is 9.03. The molecule has 2 aliphatic rings. The third-order valence-electron chi connectivity index (χ3n) is 4.58. The molecule has 1 heterocycles. The van der Waals surface area contributed by atoms with Crippen LogP contribution >= 0.6 is 0 Å². The highest BCUT2D eigenvalue weighted by Gasteiger charge is 2.24. The minimum absolute atomic E-state index is 0.0580. The van der Waals surface area contributed by atoms with Crippen molar-refractivity contribution in [2.45, 2.75) is 31.4 Å². The van der Waals surface area contributed by atoms with E-state index in [-0.39, 0.29) is 12.6 Å². The summed E-state index contributed by atoms with van der Waals surface area (Å²) in [5.74, 6) is 0.0116. The van der Waals surface area contributed by atoms with Gasteiger partial charge in [-0.3, -0.25) is 14.6 Å². The molecule has 1 atom stereocenters. The van der Waals surface area contributed by atoms with E-state index < -0.39 is 5.97 Å². The van der Waals surface area contributed by atoms with Gasteiger partial charge in [-0.2, -0.15) is 0 Å². The molecule has 5 nitrogen and oxygen atoms in total. The molecule has 1 aliphatic carbocycles. The zero-order valence-electron chi connectivity index (χ0n) is 13.8. The molecule has 0 bridgehead atoms. The van der Waals surface area contributed by atoms with Gasteiger partial charge in [-0.1, -0.05) is 24.3 Å². The fourth-order valence-corrected chi connectivity index (χ4v) is 3.25. The molecule has 0 aromatic heterocycles. The lowest BCUT2D eigenvalue weighted by Gasteiger charge is -2.34. The third kappa shape index (κ3) is 5.03. The first kappa shape index (κ1) is 16.4. The van der Waals surface area contributed by atoms with Crippen molar-refractivity contribution in [1.29, 1.82) is 0 Å². The minimum atomic E-state index is -0.795. The zero-order valence-corrected chi connectivity index (χ0v) is 13.8. The van der Waals surface area contributed by atoms with Crippen LogP contribution in [0.2, 0.25) is 0 Å². The molecular weight excluding hydrogens is 292 g/mol. The lowest BCUT2D eigenvalue weighted by atomic mass is 10.1. The molecule has 0 radical (unpaired) electrons. The number of carbonyl (C=O) groups is 1. The Morgan fingerprint density at radius 2 is 2.09 bits per heavy atom. The molecule has 23 heavy (non-hydrogen) atoms. The second-order valence-corrected chi connectivity index (χ2v) is 6.83. The van der Waals surface area contributed by atoms with Crippen LogP contribution in [0.1, 0.15) is 29.9 Å². The predicted octanol–water partition coefficient (Wildman–Crippen LogP) is 1.78. The molecular formula is C18H26N2O3. The summed E-state index contributed by atoms with van der Waals surface area (Å²) in [7, 11) is 1.83. The Morgan fingerprint density at radius 1 is 1.35 bits per heavy atom. The lowest BCUT2D eigenvalue weighted by molar-refractivity contribution is -0.138. The number of carboxylic acids is 1. The average Bonchev–Trinajstić information content (AvgIpc) is 3.32. The highest BCUT2D eigenvalue weighted by Crippen LogP contribution is 2.39. The molecule has 1 N–H and O–H groups in total. The third-order valence-corrected chi connectivity index (χ3v) is 4.58. The molecule has 2 fully saturated rings. The van der Waals surface area contributed by atoms with Crippen LogP contribution in [0.25, 0.3) is 0 Å². The highest BCUT2D eigenvalue weighted by molar-refractivity contribution is 5.69. The summed E-state index contributed by atoms with van der Waals surface area (Å²) in [4.78, 5) is 14.9. The quantitative estimate of drug-likeness (QED) is 0.830. The van der Waals surface area contributed by atoms with E-state index >= 15 is 0 Å². The van der Waals surface area contributed by atoms with E-state index in [2.05, 4.69) is 29.2 Å². The molecule has 1 aromatic carbocycles. The number of aliphatic carboxylic acids is 1. The average molecular weight is 318 g/mol. The molecule has 126 valence electrons. The number of nitrogens with zero attached hydrogens (tertiary/aromatic N) is 2. The van der Waals surface area contributed by atoms with E-state index in [1.165, 1.54) is 24.0 Å². The molecule has 3 rings (SSSR count). The standard InChI is InChI=1S/C18H26N2O3/c1-19(13-18(21)22)11-17-12-20(8-9-23-17)10-14-2-4-15(5-3-14)16-6-7-16/h2-5,16-17H,6-13H2,1H3,(H,21,22). The van der Waals surface area contributed by atoms with Crippen LogP contribution in [-0.2, 0) is 16.1 Å². The number of hydrogen-bond acceptors (Lipinski definition) is 4. The van der Waals surface area contributed by atoms with Crippen LogP contribution in [0.4, 0.5) is 0 Å². The second-order valence-electron chi connectivity index (χ2n) is 6.83. The van der Waals surface area contributed by atoms with Gasteiger partial charge in [0.25, 0.3) is 0 Å². The van der Waals surface area contributed by atoms with Gasteiger partial charge < -0.3 is 9.84 Å². The van der Waals surface area contributed by atoms with Gasteiger partial charge in [-0.15, -0.1) is 0 Å². The molecule has 1 aromatic rings. The van der Waals surface area contributed by atoms with Crippen LogP contribution in [0, 0.1) is 0 Å². The van der Waals surface area contributed by atoms with Crippen LogP contribution in [-0.4, -0.2) is 66.8 Å². The molecule has 1 saturated heterocycles. The molecule has 0 amide bonds. The Hall–Kier alpha value is -1.43. The summed E-state index contributed by atoms with van der Waals surface area (Å²) in [5, 5.41) is 8.83.